The summed E-state index contributed by atoms with van der Waals surface area (Å²) in [4.78, 5) is 35.0. The van der Waals surface area contributed by atoms with Crippen LogP contribution in [0.3, 0.4) is 0 Å². The zero-order valence-electron chi connectivity index (χ0n) is 14.1. The first-order valence-corrected chi connectivity index (χ1v) is 7.96. The molecule has 0 saturated heterocycles. The van der Waals surface area contributed by atoms with E-state index in [1.807, 2.05) is 0 Å². The molecule has 0 unspecified atom stereocenters. The van der Waals surface area contributed by atoms with Gasteiger partial charge in [-0.25, -0.2) is 0 Å². The number of anilines is 1. The van der Waals surface area contributed by atoms with Crippen molar-refractivity contribution < 1.29 is 28.6 Å². The summed E-state index contributed by atoms with van der Waals surface area (Å²) in [6.45, 7) is 1.20. The molecule has 0 saturated carbocycles. The number of nitrogens with one attached hydrogen (secondary N) is 1. The molecule has 1 aliphatic rings. The maximum atomic E-state index is 12.1. The smallest absolute Gasteiger partial charge is 0.310 e. The van der Waals surface area contributed by atoms with E-state index in [0.29, 0.717) is 22.7 Å². The van der Waals surface area contributed by atoms with Gasteiger partial charge in [-0.15, -0.1) is 0 Å². The Morgan fingerprint density at radius 1 is 1.04 bits per heavy atom. The van der Waals surface area contributed by atoms with Crippen LogP contribution in [0.1, 0.15) is 22.8 Å². The second-order valence-electron chi connectivity index (χ2n) is 5.71. The average molecular weight is 355 g/mol. The number of rotatable bonds is 6. The third-order valence-corrected chi connectivity index (χ3v) is 3.68. The molecule has 0 aliphatic carbocycles. The third-order valence-electron chi connectivity index (χ3n) is 3.68. The van der Waals surface area contributed by atoms with Crippen LogP contribution in [0.4, 0.5) is 5.69 Å². The van der Waals surface area contributed by atoms with Crippen molar-refractivity contribution in [1.29, 1.82) is 0 Å². The molecule has 0 fully saturated rings. The molecule has 1 N–H and O–H groups in total. The molecule has 1 amide bonds. The minimum atomic E-state index is -0.508. The number of amides is 1. The predicted octanol–water partition coefficient (Wildman–Crippen LogP) is 2.34. The number of benzene rings is 2. The van der Waals surface area contributed by atoms with Crippen molar-refractivity contribution in [3.63, 3.8) is 0 Å². The van der Waals surface area contributed by atoms with Crippen molar-refractivity contribution >= 4 is 23.3 Å². The van der Waals surface area contributed by atoms with E-state index in [-0.39, 0.29) is 31.5 Å². The first-order valence-electron chi connectivity index (χ1n) is 7.96. The minimum absolute atomic E-state index is 0.0365. The maximum Gasteiger partial charge on any atom is 0.310 e. The lowest BCUT2D eigenvalue weighted by Crippen LogP contribution is -2.15. The lowest BCUT2D eigenvalue weighted by Gasteiger charge is -2.06. The Hall–Kier alpha value is -3.35. The first kappa shape index (κ1) is 17.5. The largest absolute Gasteiger partial charge is 0.457 e. The molecule has 1 aliphatic heterocycles. The monoisotopic (exact) mass is 355 g/mol. The molecule has 0 bridgehead atoms. The van der Waals surface area contributed by atoms with Crippen LogP contribution in [0.2, 0.25) is 0 Å². The van der Waals surface area contributed by atoms with Gasteiger partial charge in [0.25, 0.3) is 0 Å². The van der Waals surface area contributed by atoms with Crippen molar-refractivity contribution in [2.24, 2.45) is 0 Å². The Bertz CT molecular complexity index is 844. The average Bonchev–Trinajstić information content (AvgIpc) is 3.08. The van der Waals surface area contributed by atoms with E-state index in [9.17, 15) is 14.4 Å². The fraction of sp³-hybridized carbons (Fsp3) is 0.211. The molecule has 2 aromatic rings. The summed E-state index contributed by atoms with van der Waals surface area (Å²) < 4.78 is 15.5. The lowest BCUT2D eigenvalue weighted by atomic mass is 10.1. The lowest BCUT2D eigenvalue weighted by molar-refractivity contribution is -0.141. The van der Waals surface area contributed by atoms with Crippen molar-refractivity contribution in [1.82, 2.24) is 0 Å². The van der Waals surface area contributed by atoms with Crippen LogP contribution in [-0.2, 0) is 20.7 Å². The van der Waals surface area contributed by atoms with Gasteiger partial charge >= 0.3 is 5.97 Å². The van der Waals surface area contributed by atoms with E-state index in [2.05, 4.69) is 5.32 Å². The van der Waals surface area contributed by atoms with E-state index >= 15 is 0 Å². The van der Waals surface area contributed by atoms with Gasteiger partial charge in [0.15, 0.2) is 23.9 Å². The number of carbonyl (C=O) groups excluding carboxylic acids is 3. The summed E-state index contributed by atoms with van der Waals surface area (Å²) in [5.74, 6) is 0.0888. The topological polar surface area (TPSA) is 90.9 Å². The summed E-state index contributed by atoms with van der Waals surface area (Å²) in [6.07, 6.45) is 0.0365. The van der Waals surface area contributed by atoms with Gasteiger partial charge in [0.2, 0.25) is 12.7 Å². The number of fused-ring (bicyclic) bond motifs is 1. The SMILES string of the molecule is CC(=O)Nc1ccc(CC(=O)OCC(=O)c2ccc3c(c2)OCO3)cc1. The molecule has 7 heteroatoms. The Kier molecular flexibility index (Phi) is 5.17. The summed E-state index contributed by atoms with van der Waals surface area (Å²) in [6, 6.07) is 11.6. The zero-order chi connectivity index (χ0) is 18.5. The van der Waals surface area contributed by atoms with Crippen molar-refractivity contribution in [2.75, 3.05) is 18.7 Å². The zero-order valence-corrected chi connectivity index (χ0v) is 14.1. The Morgan fingerprint density at radius 2 is 1.77 bits per heavy atom. The molecular weight excluding hydrogens is 338 g/mol. The van der Waals surface area contributed by atoms with Gasteiger partial charge in [-0.05, 0) is 35.9 Å². The molecule has 2 aromatic carbocycles. The fourth-order valence-electron chi connectivity index (χ4n) is 2.43. The first-order chi connectivity index (χ1) is 12.5. The van der Waals surface area contributed by atoms with Crippen molar-refractivity contribution in [2.45, 2.75) is 13.3 Å². The van der Waals surface area contributed by atoms with Gasteiger partial charge in [-0.3, -0.25) is 14.4 Å². The van der Waals surface area contributed by atoms with Crippen LogP contribution in [0.15, 0.2) is 42.5 Å². The van der Waals surface area contributed by atoms with Crippen LogP contribution >= 0.6 is 0 Å². The van der Waals surface area contributed by atoms with E-state index < -0.39 is 5.97 Å². The number of ketones is 1. The maximum absolute atomic E-state index is 12.1. The normalized spacial score (nSPS) is 11.7. The predicted molar refractivity (Wildman–Crippen MR) is 92.3 cm³/mol. The number of carbonyl (C=O) groups is 3. The van der Waals surface area contributed by atoms with Gasteiger partial charge in [0, 0.05) is 18.2 Å². The number of esters is 1. The van der Waals surface area contributed by atoms with Crippen LogP contribution in [-0.4, -0.2) is 31.1 Å². The molecule has 3 rings (SSSR count). The highest BCUT2D eigenvalue weighted by molar-refractivity contribution is 5.98. The van der Waals surface area contributed by atoms with Crippen LogP contribution in [0, 0.1) is 0 Å². The Balaban J connectivity index is 1.50. The standard InChI is InChI=1S/C19H17NO6/c1-12(21)20-15-5-2-13(3-6-15)8-19(23)24-10-16(22)14-4-7-17-18(9-14)26-11-25-17/h2-7,9H,8,10-11H2,1H3,(H,20,21). The van der Waals surface area contributed by atoms with Gasteiger partial charge in [0.05, 0.1) is 6.42 Å². The van der Waals surface area contributed by atoms with E-state index in [1.54, 1.807) is 42.5 Å². The Labute approximate surface area is 149 Å². The van der Waals surface area contributed by atoms with Crippen LogP contribution in [0.25, 0.3) is 0 Å². The number of hydrogen-bond acceptors (Lipinski definition) is 6. The molecule has 0 aromatic heterocycles. The number of ether oxygens (including phenoxy) is 3. The highest BCUT2D eigenvalue weighted by Crippen LogP contribution is 2.32. The highest BCUT2D eigenvalue weighted by atomic mass is 16.7. The molecule has 0 radical (unpaired) electrons. The van der Waals surface area contributed by atoms with Gasteiger partial charge < -0.3 is 19.5 Å². The second-order valence-corrected chi connectivity index (χ2v) is 5.71. The summed E-state index contributed by atoms with van der Waals surface area (Å²) in [5, 5.41) is 2.64. The van der Waals surface area contributed by atoms with Crippen molar-refractivity contribution in [3.8, 4) is 11.5 Å². The van der Waals surface area contributed by atoms with Crippen LogP contribution < -0.4 is 14.8 Å². The molecule has 134 valence electrons. The van der Waals surface area contributed by atoms with E-state index in [0.717, 1.165) is 5.56 Å². The van der Waals surface area contributed by atoms with Gasteiger partial charge in [0.1, 0.15) is 0 Å². The number of hydrogen-bond donors (Lipinski definition) is 1. The molecule has 7 nitrogen and oxygen atoms in total. The third kappa shape index (κ3) is 4.38. The van der Waals surface area contributed by atoms with E-state index in [1.165, 1.54) is 6.92 Å². The quantitative estimate of drug-likeness (QED) is 0.632. The molecule has 0 atom stereocenters. The summed E-state index contributed by atoms with van der Waals surface area (Å²) >= 11 is 0. The molecular formula is C19H17NO6. The minimum Gasteiger partial charge on any atom is -0.457 e. The van der Waals surface area contributed by atoms with Gasteiger partial charge in [-0.1, -0.05) is 12.1 Å². The fourth-order valence-corrected chi connectivity index (χ4v) is 2.43. The highest BCUT2D eigenvalue weighted by Gasteiger charge is 2.17. The number of Topliss-reactive ketones (excluding diaryl/α,β-unsaturated/α-hetero) is 1. The second kappa shape index (κ2) is 7.69. The van der Waals surface area contributed by atoms with E-state index in [4.69, 9.17) is 14.2 Å². The van der Waals surface area contributed by atoms with Crippen molar-refractivity contribution in [3.05, 3.63) is 53.6 Å². The Morgan fingerprint density at radius 3 is 2.50 bits per heavy atom. The summed E-state index contributed by atoms with van der Waals surface area (Å²) in [5.41, 5.74) is 1.76. The summed E-state index contributed by atoms with van der Waals surface area (Å²) in [7, 11) is 0. The van der Waals surface area contributed by atoms with Crippen LogP contribution in [0.5, 0.6) is 11.5 Å². The van der Waals surface area contributed by atoms with Gasteiger partial charge in [-0.2, -0.15) is 0 Å². The molecule has 0 spiro atoms. The molecule has 1 heterocycles. The molecule has 26 heavy (non-hydrogen) atoms.